The average Bonchev–Trinajstić information content (AvgIpc) is 3.26. The number of ketones is 1. The van der Waals surface area contributed by atoms with Crippen LogP contribution in [0.25, 0.3) is 11.1 Å². The van der Waals surface area contributed by atoms with E-state index in [0.717, 1.165) is 37.7 Å². The Labute approximate surface area is 250 Å². The molecule has 0 spiro atoms. The molecule has 0 amide bonds. The molecule has 0 bridgehead atoms. The summed E-state index contributed by atoms with van der Waals surface area (Å²) in [5.41, 5.74) is 15.8. The number of nitrogens with two attached hydrogens (primary N) is 1. The summed E-state index contributed by atoms with van der Waals surface area (Å²) < 4.78 is 0. The molecule has 0 heterocycles. The Balaban J connectivity index is 0.00000226. The number of Topliss-reactive ketones (excluding diaryl/α,β-unsaturated/α-hetero) is 1. The SMILES string of the molecule is C=C.CCC(CC)=c1ccc2c(c1)Cc1cc(C(CC)CC)ccc1C=2C1=CC=CC=C(C(=O)CCCN=CN)C1.[HH].[HH]. The Hall–Kier alpha value is -3.72. The van der Waals surface area contributed by atoms with Crippen LogP contribution in [-0.2, 0) is 11.2 Å². The normalized spacial score (nSPS) is 14.0. The van der Waals surface area contributed by atoms with Crippen molar-refractivity contribution in [3.63, 3.8) is 0 Å². The molecule has 0 aliphatic heterocycles. The zero-order valence-corrected chi connectivity index (χ0v) is 25.6. The lowest BCUT2D eigenvalue weighted by Crippen LogP contribution is -2.25. The van der Waals surface area contributed by atoms with Gasteiger partial charge in [-0.3, -0.25) is 9.79 Å². The lowest BCUT2D eigenvalue weighted by atomic mass is 9.79. The summed E-state index contributed by atoms with van der Waals surface area (Å²) in [7, 11) is 0. The standard InChI is InChI=1S/C36H44N2O.C2H4.2H2/c1-5-25(6-2)27-15-17-33-31(20-27)23-32-21-28(26(7-3)8-4)16-18-34(32)36(33)30-13-10-9-12-29(22-30)35(39)14-11-19-38-24-37;1-2;;/h9-10,12-13,15-18,20-21,24-25H,5-8,11,14,19,22-23H2,1-4H3,(H2,37,38);1-2H2;2*1H. The van der Waals surface area contributed by atoms with Crippen molar-refractivity contribution < 1.29 is 7.65 Å². The summed E-state index contributed by atoms with van der Waals surface area (Å²) in [6, 6.07) is 14.2. The van der Waals surface area contributed by atoms with Crippen LogP contribution in [0, 0.1) is 0 Å². The van der Waals surface area contributed by atoms with Crippen molar-refractivity contribution in [3.05, 3.63) is 118 Å². The molecule has 0 unspecified atom stereocenters. The van der Waals surface area contributed by atoms with Crippen LogP contribution in [0.3, 0.4) is 0 Å². The van der Waals surface area contributed by atoms with E-state index in [-0.39, 0.29) is 8.64 Å². The first-order chi connectivity index (χ1) is 20.0. The van der Waals surface area contributed by atoms with Gasteiger partial charge >= 0.3 is 0 Å². The smallest absolute Gasteiger partial charge is 0.159 e. The third kappa shape index (κ3) is 7.52. The van der Waals surface area contributed by atoms with Crippen molar-refractivity contribution in [1.82, 2.24) is 0 Å². The summed E-state index contributed by atoms with van der Waals surface area (Å²) in [4.78, 5) is 17.2. The van der Waals surface area contributed by atoms with Crippen LogP contribution in [0.1, 0.15) is 104 Å². The number of aliphatic imine (C=N–C) groups is 1. The van der Waals surface area contributed by atoms with Gasteiger partial charge < -0.3 is 5.73 Å². The highest BCUT2D eigenvalue weighted by molar-refractivity contribution is 5.97. The second-order valence-electron chi connectivity index (χ2n) is 10.7. The molecule has 2 aliphatic rings. The fraction of sp³-hybridized carbons (Fsp3) is 0.368. The van der Waals surface area contributed by atoms with E-state index in [2.05, 4.69) is 94.4 Å². The van der Waals surface area contributed by atoms with E-state index in [9.17, 15) is 4.79 Å². The second kappa shape index (κ2) is 15.9. The molecule has 3 heteroatoms. The number of fused-ring (bicyclic) bond motifs is 2. The van der Waals surface area contributed by atoms with E-state index in [0.29, 0.717) is 31.7 Å². The molecule has 0 saturated carbocycles. The van der Waals surface area contributed by atoms with Crippen LogP contribution >= 0.6 is 0 Å². The van der Waals surface area contributed by atoms with Crippen LogP contribution < -0.4 is 16.2 Å². The van der Waals surface area contributed by atoms with E-state index in [4.69, 9.17) is 5.73 Å². The second-order valence-corrected chi connectivity index (χ2v) is 10.7. The van der Waals surface area contributed by atoms with Crippen molar-refractivity contribution in [2.24, 2.45) is 10.7 Å². The van der Waals surface area contributed by atoms with Crippen LogP contribution in [0.4, 0.5) is 0 Å². The van der Waals surface area contributed by atoms with Crippen molar-refractivity contribution in [2.45, 2.75) is 85.0 Å². The highest BCUT2D eigenvalue weighted by Crippen LogP contribution is 2.36. The lowest BCUT2D eigenvalue weighted by molar-refractivity contribution is -0.115. The number of carbonyl (C=O) groups is 1. The summed E-state index contributed by atoms with van der Waals surface area (Å²) >= 11 is 0. The Morgan fingerprint density at radius 1 is 0.976 bits per heavy atom. The number of benzene rings is 2. The number of allylic oxidation sites excluding steroid dienone is 6. The fourth-order valence-corrected chi connectivity index (χ4v) is 6.17. The van der Waals surface area contributed by atoms with Crippen LogP contribution in [-0.4, -0.2) is 18.7 Å². The molecule has 2 aliphatic carbocycles. The number of hydrogen-bond donors (Lipinski definition) is 1. The molecule has 0 aromatic heterocycles. The average molecular weight is 553 g/mol. The molecule has 0 fully saturated rings. The number of rotatable bonds is 11. The number of carbonyl (C=O) groups excluding carboxylic acids is 1. The molecule has 2 aromatic rings. The summed E-state index contributed by atoms with van der Waals surface area (Å²) in [6.45, 7) is 15.7. The largest absolute Gasteiger partial charge is 0.390 e. The highest BCUT2D eigenvalue weighted by atomic mass is 16.1. The van der Waals surface area contributed by atoms with Crippen molar-refractivity contribution in [1.29, 1.82) is 0 Å². The first kappa shape index (κ1) is 31.8. The first-order valence-corrected chi connectivity index (χ1v) is 15.3. The number of hydrogen-bond acceptors (Lipinski definition) is 2. The summed E-state index contributed by atoms with van der Waals surface area (Å²) in [5.74, 6) is 0.781. The van der Waals surface area contributed by atoms with Crippen LogP contribution in [0.5, 0.6) is 0 Å². The minimum atomic E-state index is 0. The molecule has 2 aromatic carbocycles. The van der Waals surface area contributed by atoms with E-state index >= 15 is 0 Å². The third-order valence-corrected chi connectivity index (χ3v) is 8.44. The van der Waals surface area contributed by atoms with Crippen molar-refractivity contribution in [3.8, 4) is 0 Å². The zero-order valence-electron chi connectivity index (χ0n) is 25.6. The van der Waals surface area contributed by atoms with E-state index in [1.165, 1.54) is 55.7 Å². The summed E-state index contributed by atoms with van der Waals surface area (Å²) in [6.07, 6.45) is 16.8. The van der Waals surface area contributed by atoms with Gasteiger partial charge in [0.1, 0.15) is 0 Å². The Bertz CT molecular complexity index is 1470. The van der Waals surface area contributed by atoms with E-state index < -0.39 is 0 Å². The molecule has 3 nitrogen and oxygen atoms in total. The highest BCUT2D eigenvalue weighted by Gasteiger charge is 2.23. The Morgan fingerprint density at radius 3 is 2.39 bits per heavy atom. The minimum absolute atomic E-state index is 0. The van der Waals surface area contributed by atoms with Gasteiger partial charge in [0.15, 0.2) is 5.78 Å². The number of nitrogens with zero attached hydrogens (tertiary/aromatic N) is 1. The van der Waals surface area contributed by atoms with Gasteiger partial charge in [-0.25, -0.2) is 0 Å². The molecule has 41 heavy (non-hydrogen) atoms. The van der Waals surface area contributed by atoms with Crippen molar-refractivity contribution >= 4 is 23.3 Å². The van der Waals surface area contributed by atoms with Gasteiger partial charge in [0.05, 0.1) is 6.34 Å². The topological polar surface area (TPSA) is 55.5 Å². The maximum atomic E-state index is 13.2. The monoisotopic (exact) mass is 552 g/mol. The first-order valence-electron chi connectivity index (χ1n) is 15.3. The maximum absolute atomic E-state index is 13.2. The van der Waals surface area contributed by atoms with Gasteiger partial charge in [-0.05, 0) is 93.9 Å². The van der Waals surface area contributed by atoms with Crippen LogP contribution in [0.2, 0.25) is 0 Å². The molecule has 0 atom stereocenters. The Morgan fingerprint density at radius 2 is 1.71 bits per heavy atom. The fourth-order valence-electron chi connectivity index (χ4n) is 6.17. The minimum Gasteiger partial charge on any atom is -0.390 e. The zero-order chi connectivity index (χ0) is 29.8. The summed E-state index contributed by atoms with van der Waals surface area (Å²) in [5, 5.41) is 2.67. The molecular weight excluding hydrogens is 500 g/mol. The Kier molecular flexibility index (Phi) is 12.3. The molecule has 2 N–H and O–H groups in total. The predicted octanol–water partition coefficient (Wildman–Crippen LogP) is 8.11. The van der Waals surface area contributed by atoms with Crippen molar-refractivity contribution in [2.75, 3.05) is 6.54 Å². The molecule has 220 valence electrons. The lowest BCUT2D eigenvalue weighted by Gasteiger charge is -2.25. The third-order valence-electron chi connectivity index (χ3n) is 8.44. The molecule has 4 rings (SSSR count). The van der Waals surface area contributed by atoms with E-state index in [1.54, 1.807) is 0 Å². The van der Waals surface area contributed by atoms with Gasteiger partial charge in [0, 0.05) is 22.2 Å². The van der Waals surface area contributed by atoms with Gasteiger partial charge in [-0.1, -0.05) is 94.0 Å². The molecular formula is C38H52N2O. The predicted molar refractivity (Wildman–Crippen MR) is 182 cm³/mol. The van der Waals surface area contributed by atoms with Crippen LogP contribution in [0.15, 0.2) is 90.0 Å². The van der Waals surface area contributed by atoms with Gasteiger partial charge in [0.2, 0.25) is 0 Å². The van der Waals surface area contributed by atoms with Gasteiger partial charge in [0.25, 0.3) is 0 Å². The quantitative estimate of drug-likeness (QED) is 0.132. The van der Waals surface area contributed by atoms with Gasteiger partial charge in [-0.15, -0.1) is 13.2 Å². The maximum Gasteiger partial charge on any atom is 0.159 e. The van der Waals surface area contributed by atoms with E-state index in [1.807, 2.05) is 12.2 Å². The molecule has 0 radical (unpaired) electrons. The van der Waals surface area contributed by atoms with Gasteiger partial charge in [-0.2, -0.15) is 0 Å². The molecule has 0 saturated heterocycles.